The van der Waals surface area contributed by atoms with E-state index in [9.17, 15) is 9.18 Å². The molecule has 0 saturated carbocycles. The molecule has 5 nitrogen and oxygen atoms in total. The van der Waals surface area contributed by atoms with Crippen molar-refractivity contribution in [2.75, 3.05) is 7.11 Å². The van der Waals surface area contributed by atoms with Gasteiger partial charge >= 0.3 is 0 Å². The molecule has 1 N–H and O–H groups in total. The summed E-state index contributed by atoms with van der Waals surface area (Å²) in [7, 11) is 1.61. The van der Waals surface area contributed by atoms with Crippen LogP contribution in [0.15, 0.2) is 54.9 Å². The molecule has 0 spiro atoms. The van der Waals surface area contributed by atoms with Crippen LogP contribution in [0, 0.1) is 5.82 Å². The van der Waals surface area contributed by atoms with Gasteiger partial charge in [-0.2, -0.15) is 0 Å². The Bertz CT molecular complexity index is 932. The molecule has 0 saturated heterocycles. The molecule has 0 atom stereocenters. The number of carbonyl (C=O) groups excluding carboxylic acids is 1. The zero-order valence-electron chi connectivity index (χ0n) is 13.9. The Hall–Kier alpha value is -2.99. The van der Waals surface area contributed by atoms with Crippen molar-refractivity contribution in [3.05, 3.63) is 77.0 Å². The van der Waals surface area contributed by atoms with E-state index in [4.69, 9.17) is 16.3 Å². The molecule has 0 bridgehead atoms. The second-order valence-corrected chi connectivity index (χ2v) is 5.84. The lowest BCUT2D eigenvalue weighted by Crippen LogP contribution is -2.23. The van der Waals surface area contributed by atoms with Crippen LogP contribution in [0.5, 0.6) is 5.75 Å². The molecular formula is C19H15ClFN3O2. The maximum Gasteiger partial charge on any atom is 0.253 e. The summed E-state index contributed by atoms with van der Waals surface area (Å²) in [5.74, 6) is -0.141. The molecule has 0 aliphatic carbocycles. The first-order valence-electron chi connectivity index (χ1n) is 7.75. The minimum atomic E-state index is -0.494. The van der Waals surface area contributed by atoms with Crippen LogP contribution in [0.2, 0.25) is 5.02 Å². The minimum Gasteiger partial charge on any atom is -0.497 e. The quantitative estimate of drug-likeness (QED) is 0.739. The van der Waals surface area contributed by atoms with Gasteiger partial charge in [0.25, 0.3) is 5.91 Å². The summed E-state index contributed by atoms with van der Waals surface area (Å²) in [5.41, 5.74) is 2.48. The topological polar surface area (TPSA) is 64.1 Å². The second kappa shape index (κ2) is 7.93. The van der Waals surface area contributed by atoms with E-state index in [0.29, 0.717) is 5.69 Å². The Kier molecular flexibility index (Phi) is 5.43. The molecule has 2 aromatic carbocycles. The van der Waals surface area contributed by atoms with Gasteiger partial charge in [-0.15, -0.1) is 0 Å². The molecule has 1 aromatic heterocycles. The van der Waals surface area contributed by atoms with Crippen molar-refractivity contribution in [3.63, 3.8) is 0 Å². The standard InChI is InChI=1S/C19H15ClFN3O2/c1-26-15-5-2-12(3-6-15)18-9-14(23-11-24-18)10-22-19(25)16-7-4-13(21)8-17(16)20/h2-9,11H,10H2,1H3,(H,22,25). The lowest BCUT2D eigenvalue weighted by molar-refractivity contribution is 0.0950. The van der Waals surface area contributed by atoms with Gasteiger partial charge in [0.2, 0.25) is 0 Å². The number of carbonyl (C=O) groups is 1. The molecule has 0 radical (unpaired) electrons. The summed E-state index contributed by atoms with van der Waals surface area (Å²) in [6.07, 6.45) is 1.44. The highest BCUT2D eigenvalue weighted by Gasteiger charge is 2.11. The number of amides is 1. The first-order chi connectivity index (χ1) is 12.6. The van der Waals surface area contributed by atoms with E-state index in [2.05, 4.69) is 15.3 Å². The Morgan fingerprint density at radius 3 is 2.62 bits per heavy atom. The van der Waals surface area contributed by atoms with E-state index in [0.717, 1.165) is 23.1 Å². The van der Waals surface area contributed by atoms with Gasteiger partial charge in [-0.3, -0.25) is 4.79 Å². The summed E-state index contributed by atoms with van der Waals surface area (Å²) in [5, 5.41) is 2.78. The average Bonchev–Trinajstić information content (AvgIpc) is 2.66. The van der Waals surface area contributed by atoms with E-state index >= 15 is 0 Å². The molecule has 1 amide bonds. The number of hydrogen-bond acceptors (Lipinski definition) is 4. The van der Waals surface area contributed by atoms with Crippen molar-refractivity contribution in [2.45, 2.75) is 6.54 Å². The zero-order chi connectivity index (χ0) is 18.5. The molecule has 0 unspecified atom stereocenters. The molecular weight excluding hydrogens is 357 g/mol. The van der Waals surface area contributed by atoms with Gasteiger partial charge in [-0.1, -0.05) is 11.6 Å². The van der Waals surface area contributed by atoms with Crippen LogP contribution in [0.3, 0.4) is 0 Å². The third-order valence-electron chi connectivity index (χ3n) is 3.72. The maximum atomic E-state index is 13.1. The van der Waals surface area contributed by atoms with Gasteiger partial charge in [0.15, 0.2) is 0 Å². The Labute approximate surface area is 154 Å². The van der Waals surface area contributed by atoms with Crippen LogP contribution < -0.4 is 10.1 Å². The van der Waals surface area contributed by atoms with Gasteiger partial charge in [-0.25, -0.2) is 14.4 Å². The molecule has 3 rings (SSSR count). The van der Waals surface area contributed by atoms with Crippen LogP contribution >= 0.6 is 11.6 Å². The summed E-state index contributed by atoms with van der Waals surface area (Å²) >= 11 is 5.90. The average molecular weight is 372 g/mol. The first-order valence-corrected chi connectivity index (χ1v) is 8.13. The number of rotatable bonds is 5. The summed E-state index contributed by atoms with van der Waals surface area (Å²) < 4.78 is 18.2. The molecule has 7 heteroatoms. The van der Waals surface area contributed by atoms with Gasteiger partial charge < -0.3 is 10.1 Å². The molecule has 132 valence electrons. The Morgan fingerprint density at radius 1 is 1.15 bits per heavy atom. The maximum absolute atomic E-state index is 13.1. The van der Waals surface area contributed by atoms with Gasteiger partial charge in [0.1, 0.15) is 17.9 Å². The van der Waals surface area contributed by atoms with Gasteiger partial charge in [-0.05, 0) is 48.5 Å². The number of nitrogens with zero attached hydrogens (tertiary/aromatic N) is 2. The third kappa shape index (κ3) is 4.15. The van der Waals surface area contributed by atoms with E-state index < -0.39 is 11.7 Å². The van der Waals surface area contributed by atoms with Crippen molar-refractivity contribution in [3.8, 4) is 17.0 Å². The molecule has 1 heterocycles. The minimum absolute atomic E-state index is 0.0594. The number of methoxy groups -OCH3 is 1. The normalized spacial score (nSPS) is 10.4. The third-order valence-corrected chi connectivity index (χ3v) is 4.03. The summed E-state index contributed by atoms with van der Waals surface area (Å²) in [6.45, 7) is 0.193. The molecule has 3 aromatic rings. The van der Waals surface area contributed by atoms with Crippen molar-refractivity contribution < 1.29 is 13.9 Å². The highest BCUT2D eigenvalue weighted by atomic mass is 35.5. The SMILES string of the molecule is COc1ccc(-c2cc(CNC(=O)c3ccc(F)cc3Cl)ncn2)cc1. The predicted molar refractivity (Wildman–Crippen MR) is 96.6 cm³/mol. The van der Waals surface area contributed by atoms with E-state index in [1.165, 1.54) is 18.5 Å². The Morgan fingerprint density at radius 2 is 1.92 bits per heavy atom. The van der Waals surface area contributed by atoms with E-state index in [1.807, 2.05) is 24.3 Å². The summed E-state index contributed by atoms with van der Waals surface area (Å²) in [6, 6.07) is 12.9. The van der Waals surface area contributed by atoms with E-state index in [1.54, 1.807) is 13.2 Å². The van der Waals surface area contributed by atoms with Crippen LogP contribution in [-0.4, -0.2) is 23.0 Å². The van der Waals surface area contributed by atoms with Crippen LogP contribution in [0.4, 0.5) is 4.39 Å². The zero-order valence-corrected chi connectivity index (χ0v) is 14.6. The predicted octanol–water partition coefficient (Wildman–Crippen LogP) is 3.87. The molecule has 26 heavy (non-hydrogen) atoms. The number of aromatic nitrogens is 2. The number of nitrogens with one attached hydrogen (secondary N) is 1. The highest BCUT2D eigenvalue weighted by molar-refractivity contribution is 6.33. The highest BCUT2D eigenvalue weighted by Crippen LogP contribution is 2.21. The Balaban J connectivity index is 1.71. The largest absolute Gasteiger partial charge is 0.497 e. The van der Waals surface area contributed by atoms with Crippen molar-refractivity contribution in [1.82, 2.24) is 15.3 Å². The smallest absolute Gasteiger partial charge is 0.253 e. The first kappa shape index (κ1) is 17.8. The molecule has 0 aliphatic heterocycles. The number of benzene rings is 2. The molecule has 0 aliphatic rings. The van der Waals surface area contributed by atoms with Crippen molar-refractivity contribution >= 4 is 17.5 Å². The second-order valence-electron chi connectivity index (χ2n) is 5.43. The van der Waals surface area contributed by atoms with Crippen LogP contribution in [0.25, 0.3) is 11.3 Å². The number of ether oxygens (including phenoxy) is 1. The van der Waals surface area contributed by atoms with Crippen molar-refractivity contribution in [2.24, 2.45) is 0 Å². The van der Waals surface area contributed by atoms with Gasteiger partial charge in [0, 0.05) is 5.56 Å². The van der Waals surface area contributed by atoms with E-state index in [-0.39, 0.29) is 17.1 Å². The van der Waals surface area contributed by atoms with Gasteiger partial charge in [0.05, 0.1) is 35.6 Å². The summed E-state index contributed by atoms with van der Waals surface area (Å²) in [4.78, 5) is 20.6. The lowest BCUT2D eigenvalue weighted by atomic mass is 10.1. The van der Waals surface area contributed by atoms with Crippen LogP contribution in [0.1, 0.15) is 16.1 Å². The molecule has 0 fully saturated rings. The fraction of sp³-hybridized carbons (Fsp3) is 0.105. The van der Waals surface area contributed by atoms with Crippen LogP contribution in [-0.2, 0) is 6.54 Å². The monoisotopic (exact) mass is 371 g/mol. The number of hydrogen-bond donors (Lipinski definition) is 1. The van der Waals surface area contributed by atoms with Crippen molar-refractivity contribution in [1.29, 1.82) is 0 Å². The lowest BCUT2D eigenvalue weighted by Gasteiger charge is -2.08. The fourth-order valence-corrected chi connectivity index (χ4v) is 2.61. The number of halogens is 2. The fourth-order valence-electron chi connectivity index (χ4n) is 2.35.